The molecule has 2 aliphatic rings. The maximum atomic E-state index is 12.7. The van der Waals surface area contributed by atoms with Crippen LogP contribution in [0, 0.1) is 0 Å². The Morgan fingerprint density at radius 2 is 1.38 bits per heavy atom. The lowest BCUT2D eigenvalue weighted by Crippen LogP contribution is -2.08. The lowest BCUT2D eigenvalue weighted by molar-refractivity contribution is 0.512. The van der Waals surface area contributed by atoms with E-state index in [4.69, 9.17) is 0 Å². The second-order valence-corrected chi connectivity index (χ2v) is 7.97. The topological polar surface area (TPSA) is 23.1 Å². The summed E-state index contributed by atoms with van der Waals surface area (Å²) in [5.41, 5.74) is 0. The number of hydrogen-bond donors (Lipinski definition) is 0. The van der Waals surface area contributed by atoms with Crippen LogP contribution in [0.1, 0.15) is 45.4 Å². The maximum absolute atomic E-state index is 12.7. The fourth-order valence-corrected chi connectivity index (χ4v) is 5.26. The third-order valence-electron chi connectivity index (χ3n) is 3.53. The van der Waals surface area contributed by atoms with Gasteiger partial charge in [-0.3, -0.25) is 4.57 Å². The van der Waals surface area contributed by atoms with Crippen molar-refractivity contribution in [2.75, 3.05) is 32.3 Å². The second kappa shape index (κ2) is 5.66. The number of rotatable bonds is 9. The zero-order chi connectivity index (χ0) is 11.4. The van der Waals surface area contributed by atoms with Crippen molar-refractivity contribution in [1.82, 2.24) is 9.34 Å². The summed E-state index contributed by atoms with van der Waals surface area (Å²) in [6.45, 7) is 6.54. The van der Waals surface area contributed by atoms with Gasteiger partial charge in [0, 0.05) is 32.3 Å². The van der Waals surface area contributed by atoms with Gasteiger partial charge in [0.05, 0.1) is 0 Å². The molecule has 0 radical (unpaired) electrons. The highest BCUT2D eigenvalue weighted by Crippen LogP contribution is 2.60. The van der Waals surface area contributed by atoms with Gasteiger partial charge in [0.1, 0.15) is 0 Å². The lowest BCUT2D eigenvalue weighted by Gasteiger charge is -2.19. The van der Waals surface area contributed by atoms with Gasteiger partial charge in [-0.05, 0) is 6.42 Å². The molecule has 16 heavy (non-hydrogen) atoms. The van der Waals surface area contributed by atoms with Crippen molar-refractivity contribution in [3.63, 3.8) is 0 Å². The number of unbranched alkanes of at least 4 members (excludes halogenated alkanes) is 5. The zero-order valence-corrected chi connectivity index (χ0v) is 11.4. The van der Waals surface area contributed by atoms with Crippen LogP contribution in [0.4, 0.5) is 0 Å². The van der Waals surface area contributed by atoms with Crippen LogP contribution >= 0.6 is 7.44 Å². The summed E-state index contributed by atoms with van der Waals surface area (Å²) in [6, 6.07) is 0. The molecular weight excluding hydrogens is 219 g/mol. The van der Waals surface area contributed by atoms with E-state index >= 15 is 0 Å². The maximum Gasteiger partial charge on any atom is 0.216 e. The van der Waals surface area contributed by atoms with E-state index in [0.29, 0.717) is 0 Å². The van der Waals surface area contributed by atoms with Crippen molar-refractivity contribution in [3.8, 4) is 0 Å². The molecule has 2 heterocycles. The fourth-order valence-electron chi connectivity index (χ4n) is 2.27. The summed E-state index contributed by atoms with van der Waals surface area (Å²) >= 11 is 0. The van der Waals surface area contributed by atoms with E-state index in [-0.39, 0.29) is 0 Å². The molecule has 2 saturated heterocycles. The first-order valence-corrected chi connectivity index (χ1v) is 8.67. The summed E-state index contributed by atoms with van der Waals surface area (Å²) < 4.78 is 17.1. The first-order chi connectivity index (χ1) is 7.77. The normalized spacial score (nSPS) is 21.3. The first-order valence-electron chi connectivity index (χ1n) is 6.87. The molecule has 0 amide bonds. The Hall–Kier alpha value is 0.150. The average molecular weight is 244 g/mol. The van der Waals surface area contributed by atoms with Gasteiger partial charge in [-0.15, -0.1) is 0 Å². The third kappa shape index (κ3) is 3.32. The van der Waals surface area contributed by atoms with Crippen LogP contribution in [-0.2, 0) is 4.57 Å². The zero-order valence-electron chi connectivity index (χ0n) is 10.5. The Morgan fingerprint density at radius 1 is 0.875 bits per heavy atom. The predicted molar refractivity (Wildman–Crippen MR) is 69.0 cm³/mol. The molecule has 0 bridgehead atoms. The van der Waals surface area contributed by atoms with Crippen molar-refractivity contribution in [2.45, 2.75) is 45.4 Å². The monoisotopic (exact) mass is 244 g/mol. The quantitative estimate of drug-likeness (QED) is 0.353. The minimum absolute atomic E-state index is 0.944. The fraction of sp³-hybridized carbons (Fsp3) is 1.00. The van der Waals surface area contributed by atoms with Gasteiger partial charge in [-0.25, -0.2) is 9.34 Å². The Morgan fingerprint density at radius 3 is 1.88 bits per heavy atom. The van der Waals surface area contributed by atoms with Gasteiger partial charge in [-0.2, -0.15) is 0 Å². The Labute approximate surface area is 99.7 Å². The molecule has 0 N–H and O–H groups in total. The SMILES string of the molecule is CCCCCCCCP(=O)(N1CC1)N1CC1. The molecule has 0 aromatic carbocycles. The highest BCUT2D eigenvalue weighted by atomic mass is 31.2. The Kier molecular flexibility index (Phi) is 4.46. The van der Waals surface area contributed by atoms with Crippen LogP contribution in [-0.4, -0.2) is 41.7 Å². The third-order valence-corrected chi connectivity index (χ3v) is 7.00. The average Bonchev–Trinajstić information content (AvgIpc) is 3.15. The van der Waals surface area contributed by atoms with Crippen molar-refractivity contribution in [1.29, 1.82) is 0 Å². The molecule has 0 spiro atoms. The molecule has 0 aromatic rings. The molecule has 0 aliphatic carbocycles. The van der Waals surface area contributed by atoms with Crippen molar-refractivity contribution in [3.05, 3.63) is 0 Å². The molecule has 94 valence electrons. The van der Waals surface area contributed by atoms with Crippen molar-refractivity contribution in [2.24, 2.45) is 0 Å². The van der Waals surface area contributed by atoms with E-state index in [9.17, 15) is 4.57 Å². The molecule has 2 fully saturated rings. The van der Waals surface area contributed by atoms with Crippen LogP contribution in [0.2, 0.25) is 0 Å². The molecule has 0 unspecified atom stereocenters. The van der Waals surface area contributed by atoms with Gasteiger partial charge >= 0.3 is 0 Å². The van der Waals surface area contributed by atoms with E-state index in [1.807, 2.05) is 0 Å². The second-order valence-electron chi connectivity index (χ2n) is 5.06. The number of hydrogen-bond acceptors (Lipinski definition) is 1. The lowest BCUT2D eigenvalue weighted by atomic mass is 10.1. The minimum atomic E-state index is -2.03. The summed E-state index contributed by atoms with van der Waals surface area (Å²) in [5.74, 6) is 0. The van der Waals surface area contributed by atoms with E-state index in [1.165, 1.54) is 32.1 Å². The van der Waals surface area contributed by atoms with Crippen LogP contribution < -0.4 is 0 Å². The summed E-state index contributed by atoms with van der Waals surface area (Å²) in [7, 11) is -2.03. The molecule has 3 nitrogen and oxygen atoms in total. The molecule has 0 saturated carbocycles. The number of nitrogens with zero attached hydrogens (tertiary/aromatic N) is 2. The smallest absolute Gasteiger partial charge is 0.216 e. The predicted octanol–water partition coefficient (Wildman–Crippen LogP) is 3.17. The molecule has 0 atom stereocenters. The highest BCUT2D eigenvalue weighted by molar-refractivity contribution is 7.59. The van der Waals surface area contributed by atoms with Gasteiger partial charge in [0.15, 0.2) is 0 Å². The largest absolute Gasteiger partial charge is 0.289 e. The van der Waals surface area contributed by atoms with Crippen LogP contribution in [0.5, 0.6) is 0 Å². The van der Waals surface area contributed by atoms with E-state index < -0.39 is 7.44 Å². The molecular formula is C12H25N2OP. The van der Waals surface area contributed by atoms with Crippen molar-refractivity contribution >= 4 is 7.44 Å². The van der Waals surface area contributed by atoms with E-state index in [0.717, 1.165) is 38.8 Å². The minimum Gasteiger partial charge on any atom is -0.289 e. The Balaban J connectivity index is 1.61. The van der Waals surface area contributed by atoms with Crippen LogP contribution in [0.15, 0.2) is 0 Å². The molecule has 2 aliphatic heterocycles. The summed E-state index contributed by atoms with van der Waals surface area (Å²) in [4.78, 5) is 0. The molecule has 2 rings (SSSR count). The van der Waals surface area contributed by atoms with Gasteiger partial charge in [0.25, 0.3) is 0 Å². The van der Waals surface area contributed by atoms with Crippen LogP contribution in [0.3, 0.4) is 0 Å². The summed E-state index contributed by atoms with van der Waals surface area (Å²) in [6.07, 6.45) is 8.72. The van der Waals surface area contributed by atoms with Crippen molar-refractivity contribution < 1.29 is 4.57 Å². The molecule has 0 aromatic heterocycles. The molecule has 4 heteroatoms. The van der Waals surface area contributed by atoms with E-state index in [2.05, 4.69) is 16.3 Å². The van der Waals surface area contributed by atoms with Gasteiger partial charge in [-0.1, -0.05) is 39.0 Å². The van der Waals surface area contributed by atoms with Gasteiger partial charge < -0.3 is 0 Å². The first kappa shape index (κ1) is 12.6. The highest BCUT2D eigenvalue weighted by Gasteiger charge is 2.46. The Bertz CT molecular complexity index is 246. The summed E-state index contributed by atoms with van der Waals surface area (Å²) in [5, 5.41) is 0. The standard InChI is InChI=1S/C12H25N2OP/c1-2-3-4-5-6-7-12-16(15,13-8-9-13)14-10-11-14/h2-12H2,1H3. The van der Waals surface area contributed by atoms with E-state index in [1.54, 1.807) is 0 Å². The van der Waals surface area contributed by atoms with Gasteiger partial charge in [0.2, 0.25) is 7.44 Å². The van der Waals surface area contributed by atoms with Crippen LogP contribution in [0.25, 0.3) is 0 Å².